The number of unbranched alkanes of at least 4 members (excludes halogenated alkanes) is 22. The van der Waals surface area contributed by atoms with Crippen LogP contribution in [0.2, 0.25) is 0 Å². The summed E-state index contributed by atoms with van der Waals surface area (Å²) in [5.74, 6) is -1.98. The lowest BCUT2D eigenvalue weighted by atomic mass is 9.97. The van der Waals surface area contributed by atoms with Gasteiger partial charge < -0.3 is 9.84 Å². The zero-order chi connectivity index (χ0) is 28.7. The van der Waals surface area contributed by atoms with E-state index in [4.69, 9.17) is 4.74 Å². The minimum atomic E-state index is -0.901. The van der Waals surface area contributed by atoms with Gasteiger partial charge >= 0.3 is 11.9 Å². The van der Waals surface area contributed by atoms with E-state index < -0.39 is 17.9 Å². The van der Waals surface area contributed by atoms with E-state index in [2.05, 4.69) is 25.7 Å². The summed E-state index contributed by atoms with van der Waals surface area (Å²) in [5, 5.41) is 9.31. The van der Waals surface area contributed by atoms with E-state index in [1.165, 1.54) is 141 Å². The molecule has 0 fully saturated rings. The number of carboxylic acid groups (broad SMARTS) is 1. The summed E-state index contributed by atoms with van der Waals surface area (Å²) in [5.41, 5.74) is 0. The standard InChI is InChI=1S/C35H64O4/c1-3-5-6-7-8-9-10-11-12-13-14-15-16-17-18-19-20-21-22-23-24-25-26-27-28-29-30-33(35(37)38)32-34(36)39-31-4-2/h4,15-16,33H,2-3,5-14,17-32H2,1H3,(H,37,38)/b16-15+. The van der Waals surface area contributed by atoms with E-state index in [1.54, 1.807) is 0 Å². The van der Waals surface area contributed by atoms with Crippen LogP contribution in [0.25, 0.3) is 0 Å². The van der Waals surface area contributed by atoms with Crippen molar-refractivity contribution in [1.29, 1.82) is 0 Å². The molecule has 0 radical (unpaired) electrons. The highest BCUT2D eigenvalue weighted by Crippen LogP contribution is 2.18. The van der Waals surface area contributed by atoms with E-state index in [9.17, 15) is 14.7 Å². The van der Waals surface area contributed by atoms with Gasteiger partial charge in [-0.05, 0) is 32.1 Å². The van der Waals surface area contributed by atoms with E-state index in [-0.39, 0.29) is 13.0 Å². The van der Waals surface area contributed by atoms with Gasteiger partial charge in [-0.1, -0.05) is 160 Å². The maximum atomic E-state index is 11.6. The molecule has 0 aliphatic rings. The highest BCUT2D eigenvalue weighted by atomic mass is 16.5. The van der Waals surface area contributed by atoms with E-state index >= 15 is 0 Å². The fourth-order valence-electron chi connectivity index (χ4n) is 5.13. The number of ether oxygens (including phenoxy) is 1. The van der Waals surface area contributed by atoms with Gasteiger partial charge in [-0.2, -0.15) is 0 Å². The van der Waals surface area contributed by atoms with Gasteiger partial charge in [0.1, 0.15) is 6.61 Å². The molecule has 0 heterocycles. The number of carboxylic acids is 1. The molecule has 0 aromatic carbocycles. The third kappa shape index (κ3) is 29.2. The molecule has 0 aliphatic carbocycles. The van der Waals surface area contributed by atoms with E-state index in [0.29, 0.717) is 6.42 Å². The highest BCUT2D eigenvalue weighted by molar-refractivity contribution is 5.78. The second-order valence-corrected chi connectivity index (χ2v) is 11.5. The van der Waals surface area contributed by atoms with Crippen LogP contribution in [-0.2, 0) is 14.3 Å². The van der Waals surface area contributed by atoms with Crippen LogP contribution in [-0.4, -0.2) is 23.7 Å². The number of rotatable bonds is 31. The second kappa shape index (κ2) is 31.0. The summed E-state index contributed by atoms with van der Waals surface area (Å²) in [6.45, 7) is 5.92. The van der Waals surface area contributed by atoms with Crippen LogP contribution < -0.4 is 0 Å². The fourth-order valence-corrected chi connectivity index (χ4v) is 5.13. The van der Waals surface area contributed by atoms with Gasteiger partial charge in [-0.3, -0.25) is 9.59 Å². The molecule has 1 unspecified atom stereocenters. The van der Waals surface area contributed by atoms with Crippen LogP contribution in [0.3, 0.4) is 0 Å². The number of hydrogen-bond acceptors (Lipinski definition) is 3. The van der Waals surface area contributed by atoms with Crippen LogP contribution in [0, 0.1) is 5.92 Å². The lowest BCUT2D eigenvalue weighted by molar-refractivity contribution is -0.151. The monoisotopic (exact) mass is 548 g/mol. The molecule has 1 N–H and O–H groups in total. The smallest absolute Gasteiger partial charge is 0.307 e. The summed E-state index contributed by atoms with van der Waals surface area (Å²) in [7, 11) is 0. The Kier molecular flexibility index (Phi) is 29.7. The Labute approximate surface area is 242 Å². The Morgan fingerprint density at radius 1 is 0.641 bits per heavy atom. The zero-order valence-corrected chi connectivity index (χ0v) is 25.8. The van der Waals surface area contributed by atoms with Crippen molar-refractivity contribution in [1.82, 2.24) is 0 Å². The van der Waals surface area contributed by atoms with E-state index in [0.717, 1.165) is 19.3 Å². The molecule has 0 saturated carbocycles. The van der Waals surface area contributed by atoms with Gasteiger partial charge in [-0.15, -0.1) is 0 Å². The molecule has 0 aromatic heterocycles. The molecule has 0 aliphatic heterocycles. The van der Waals surface area contributed by atoms with Crippen molar-refractivity contribution in [2.24, 2.45) is 5.92 Å². The maximum absolute atomic E-state index is 11.6. The SMILES string of the molecule is C=CCOC(=O)CC(CCCCCCCCCCCCCC/C=C/CCCCCCCCCCCC)C(=O)O. The summed E-state index contributed by atoms with van der Waals surface area (Å²) in [4.78, 5) is 23.0. The van der Waals surface area contributed by atoms with Crippen molar-refractivity contribution in [3.8, 4) is 0 Å². The molecular weight excluding hydrogens is 484 g/mol. The molecule has 0 saturated heterocycles. The maximum Gasteiger partial charge on any atom is 0.307 e. The van der Waals surface area contributed by atoms with Crippen molar-refractivity contribution in [3.05, 3.63) is 24.8 Å². The predicted molar refractivity (Wildman–Crippen MR) is 167 cm³/mol. The van der Waals surface area contributed by atoms with Crippen molar-refractivity contribution < 1.29 is 19.4 Å². The van der Waals surface area contributed by atoms with Crippen molar-refractivity contribution in [2.45, 2.75) is 174 Å². The average Bonchev–Trinajstić information content (AvgIpc) is 2.93. The van der Waals surface area contributed by atoms with Crippen LogP contribution in [0.15, 0.2) is 24.8 Å². The first-order valence-corrected chi connectivity index (χ1v) is 16.8. The molecule has 0 bridgehead atoms. The first-order valence-electron chi connectivity index (χ1n) is 16.8. The summed E-state index contributed by atoms with van der Waals surface area (Å²) < 4.78 is 4.91. The van der Waals surface area contributed by atoms with E-state index in [1.807, 2.05) is 0 Å². The lowest BCUT2D eigenvalue weighted by Gasteiger charge is -2.11. The predicted octanol–water partition coefficient (Wildman–Crippen LogP) is 11.1. The van der Waals surface area contributed by atoms with Crippen molar-refractivity contribution >= 4 is 11.9 Å². The van der Waals surface area contributed by atoms with Gasteiger partial charge in [0.2, 0.25) is 0 Å². The highest BCUT2D eigenvalue weighted by Gasteiger charge is 2.21. The summed E-state index contributed by atoms with van der Waals surface area (Å²) >= 11 is 0. The van der Waals surface area contributed by atoms with Gasteiger partial charge in [0.05, 0.1) is 12.3 Å². The zero-order valence-electron chi connectivity index (χ0n) is 25.8. The fraction of sp³-hybridized carbons (Fsp3) is 0.829. The molecule has 4 heteroatoms. The van der Waals surface area contributed by atoms with Crippen LogP contribution in [0.4, 0.5) is 0 Å². The Bertz CT molecular complexity index is 583. The molecule has 0 spiro atoms. The number of aliphatic carboxylic acids is 1. The normalized spacial score (nSPS) is 12.1. The number of allylic oxidation sites excluding steroid dienone is 2. The molecule has 0 amide bonds. The topological polar surface area (TPSA) is 63.6 Å². The molecule has 1 atom stereocenters. The first-order chi connectivity index (χ1) is 19.1. The number of esters is 1. The minimum absolute atomic E-state index is 0.0423. The van der Waals surface area contributed by atoms with Crippen LogP contribution in [0.5, 0.6) is 0 Å². The summed E-state index contributed by atoms with van der Waals surface area (Å²) in [6, 6.07) is 0. The Morgan fingerprint density at radius 3 is 1.41 bits per heavy atom. The molecule has 4 nitrogen and oxygen atoms in total. The van der Waals surface area contributed by atoms with Gasteiger partial charge in [0.25, 0.3) is 0 Å². The number of carbonyl (C=O) groups is 2. The largest absolute Gasteiger partial charge is 0.481 e. The molecular formula is C35H64O4. The van der Waals surface area contributed by atoms with Crippen molar-refractivity contribution in [2.75, 3.05) is 6.61 Å². The molecule has 0 aromatic rings. The average molecular weight is 549 g/mol. The Hall–Kier alpha value is -1.58. The Morgan fingerprint density at radius 2 is 1.03 bits per heavy atom. The minimum Gasteiger partial charge on any atom is -0.481 e. The summed E-state index contributed by atoms with van der Waals surface area (Å²) in [6.07, 6.45) is 38.5. The number of carbonyl (C=O) groups excluding carboxylic acids is 1. The van der Waals surface area contributed by atoms with Crippen LogP contribution >= 0.6 is 0 Å². The quantitative estimate of drug-likeness (QED) is 0.0531. The molecule has 228 valence electrons. The van der Waals surface area contributed by atoms with Crippen LogP contribution in [0.1, 0.15) is 174 Å². The lowest BCUT2D eigenvalue weighted by Crippen LogP contribution is -2.19. The van der Waals surface area contributed by atoms with Gasteiger partial charge in [0.15, 0.2) is 0 Å². The number of hydrogen-bond donors (Lipinski definition) is 1. The molecule has 0 rings (SSSR count). The third-order valence-electron chi connectivity index (χ3n) is 7.69. The second-order valence-electron chi connectivity index (χ2n) is 11.5. The Balaban J connectivity index is 3.33. The molecule has 39 heavy (non-hydrogen) atoms. The van der Waals surface area contributed by atoms with Gasteiger partial charge in [-0.25, -0.2) is 0 Å². The van der Waals surface area contributed by atoms with Crippen molar-refractivity contribution in [3.63, 3.8) is 0 Å². The third-order valence-corrected chi connectivity index (χ3v) is 7.69. The van der Waals surface area contributed by atoms with Gasteiger partial charge in [0, 0.05) is 0 Å². The first kappa shape index (κ1) is 37.4.